The van der Waals surface area contributed by atoms with Crippen LogP contribution in [0.3, 0.4) is 0 Å². The molecule has 21 heavy (non-hydrogen) atoms. The lowest BCUT2D eigenvalue weighted by Gasteiger charge is -2.25. The van der Waals surface area contributed by atoms with E-state index in [-0.39, 0.29) is 5.69 Å². The van der Waals surface area contributed by atoms with Gasteiger partial charge in [-0.05, 0) is 13.8 Å². The summed E-state index contributed by atoms with van der Waals surface area (Å²) in [6.45, 7) is 2.17. The second-order valence-corrected chi connectivity index (χ2v) is 4.75. The van der Waals surface area contributed by atoms with Gasteiger partial charge in [-0.3, -0.25) is 14.3 Å². The van der Waals surface area contributed by atoms with Crippen LogP contribution in [-0.4, -0.2) is 44.2 Å². The molecule has 1 aliphatic heterocycles. The number of aryl methyl sites for hydroxylation is 1. The zero-order valence-corrected chi connectivity index (χ0v) is 11.5. The lowest BCUT2D eigenvalue weighted by molar-refractivity contribution is -0.0552. The SMILES string of the molecule is CC#C[C@@]1(F)C(O)[C@@H](CO)O[C@H]1n1c(C)cc(=O)[nH]c1=O. The van der Waals surface area contributed by atoms with Crippen LogP contribution in [0, 0.1) is 18.8 Å². The molecule has 0 aliphatic carbocycles. The highest BCUT2D eigenvalue weighted by molar-refractivity contribution is 5.23. The maximum Gasteiger partial charge on any atom is 0.330 e. The maximum atomic E-state index is 15.0. The fourth-order valence-electron chi connectivity index (χ4n) is 2.39. The number of alkyl halides is 1. The van der Waals surface area contributed by atoms with Gasteiger partial charge in [0.05, 0.1) is 6.61 Å². The summed E-state index contributed by atoms with van der Waals surface area (Å²) in [4.78, 5) is 25.1. The van der Waals surface area contributed by atoms with Crippen LogP contribution < -0.4 is 11.2 Å². The average Bonchev–Trinajstić information content (AvgIpc) is 2.63. The van der Waals surface area contributed by atoms with Crippen molar-refractivity contribution in [3.05, 3.63) is 32.6 Å². The van der Waals surface area contributed by atoms with Crippen LogP contribution in [0.4, 0.5) is 4.39 Å². The van der Waals surface area contributed by atoms with E-state index >= 15 is 4.39 Å². The Kier molecular flexibility index (Phi) is 4.00. The molecular formula is C13H15FN2O5. The first-order chi connectivity index (χ1) is 9.85. The molecule has 7 nitrogen and oxygen atoms in total. The van der Waals surface area contributed by atoms with Gasteiger partial charge in [-0.2, -0.15) is 0 Å². The van der Waals surface area contributed by atoms with Crippen molar-refractivity contribution < 1.29 is 19.3 Å². The van der Waals surface area contributed by atoms with Crippen LogP contribution >= 0.6 is 0 Å². The minimum Gasteiger partial charge on any atom is -0.394 e. The van der Waals surface area contributed by atoms with E-state index in [1.165, 1.54) is 13.8 Å². The molecule has 8 heteroatoms. The largest absolute Gasteiger partial charge is 0.394 e. The fourth-order valence-corrected chi connectivity index (χ4v) is 2.39. The number of nitrogens with zero attached hydrogens (tertiary/aromatic N) is 1. The Labute approximate surface area is 119 Å². The summed E-state index contributed by atoms with van der Waals surface area (Å²) in [6, 6.07) is 1.10. The number of halogens is 1. The predicted molar refractivity (Wildman–Crippen MR) is 70.4 cm³/mol. The number of nitrogens with one attached hydrogen (secondary N) is 1. The van der Waals surface area contributed by atoms with Gasteiger partial charge in [0.1, 0.15) is 12.2 Å². The number of ether oxygens (including phenoxy) is 1. The van der Waals surface area contributed by atoms with Crippen molar-refractivity contribution in [3.63, 3.8) is 0 Å². The highest BCUT2D eigenvalue weighted by Gasteiger charge is 2.58. The topological polar surface area (TPSA) is 105 Å². The van der Waals surface area contributed by atoms with E-state index in [2.05, 4.69) is 11.8 Å². The number of H-pyrrole nitrogens is 1. The zero-order valence-electron chi connectivity index (χ0n) is 11.5. The normalized spacial score (nSPS) is 31.8. The molecule has 0 spiro atoms. The lowest BCUT2D eigenvalue weighted by atomic mass is 9.96. The number of rotatable bonds is 2. The quantitative estimate of drug-likeness (QED) is 0.597. The van der Waals surface area contributed by atoms with E-state index in [1.54, 1.807) is 0 Å². The van der Waals surface area contributed by atoms with Gasteiger partial charge in [0.15, 0.2) is 6.23 Å². The van der Waals surface area contributed by atoms with Crippen molar-refractivity contribution in [2.45, 2.75) is 38.0 Å². The van der Waals surface area contributed by atoms with Gasteiger partial charge < -0.3 is 14.9 Å². The van der Waals surface area contributed by atoms with Crippen LogP contribution in [0.25, 0.3) is 0 Å². The molecule has 1 fully saturated rings. The van der Waals surface area contributed by atoms with Crippen LogP contribution in [0.5, 0.6) is 0 Å². The summed E-state index contributed by atoms with van der Waals surface area (Å²) in [5.74, 6) is 4.54. The summed E-state index contributed by atoms with van der Waals surface area (Å²) in [5, 5.41) is 19.1. The first kappa shape index (κ1) is 15.4. The standard InChI is InChI=1S/C13H15FN2O5/c1-3-4-13(14)10(19)8(6-17)21-11(13)16-7(2)5-9(18)15-12(16)20/h5,8,10-11,17,19H,6H2,1-2H3,(H,15,18,20)/t8-,10?,11-,13-/m1/s1. The molecule has 0 radical (unpaired) electrons. The van der Waals surface area contributed by atoms with Gasteiger partial charge in [0.2, 0.25) is 5.67 Å². The van der Waals surface area contributed by atoms with Gasteiger partial charge in [-0.1, -0.05) is 5.92 Å². The Morgan fingerprint density at radius 1 is 1.57 bits per heavy atom. The molecule has 1 saturated heterocycles. The number of aromatic nitrogens is 2. The smallest absolute Gasteiger partial charge is 0.330 e. The van der Waals surface area contributed by atoms with E-state index in [0.29, 0.717) is 0 Å². The van der Waals surface area contributed by atoms with Crippen LogP contribution in [-0.2, 0) is 4.74 Å². The molecule has 114 valence electrons. The molecule has 1 aliphatic rings. The Balaban J connectivity index is 2.64. The Morgan fingerprint density at radius 3 is 2.76 bits per heavy atom. The molecule has 0 aromatic carbocycles. The molecule has 2 rings (SSSR count). The predicted octanol–water partition coefficient (Wildman–Crippen LogP) is -1.17. The first-order valence-corrected chi connectivity index (χ1v) is 6.24. The Bertz CT molecular complexity index is 716. The van der Waals surface area contributed by atoms with E-state index in [0.717, 1.165) is 10.6 Å². The van der Waals surface area contributed by atoms with Crippen molar-refractivity contribution in [2.24, 2.45) is 0 Å². The average molecular weight is 298 g/mol. The number of hydrogen-bond acceptors (Lipinski definition) is 5. The van der Waals surface area contributed by atoms with Crippen LogP contribution in [0.15, 0.2) is 15.7 Å². The third kappa shape index (κ3) is 2.40. The molecule has 0 amide bonds. The number of hydrogen-bond donors (Lipinski definition) is 3. The molecule has 2 heterocycles. The van der Waals surface area contributed by atoms with Gasteiger partial charge in [-0.15, -0.1) is 5.92 Å². The first-order valence-electron chi connectivity index (χ1n) is 6.24. The summed E-state index contributed by atoms with van der Waals surface area (Å²) in [7, 11) is 0. The lowest BCUT2D eigenvalue weighted by Crippen LogP contribution is -2.45. The van der Waals surface area contributed by atoms with Crippen molar-refractivity contribution in [1.29, 1.82) is 0 Å². The van der Waals surface area contributed by atoms with Gasteiger partial charge in [0.25, 0.3) is 5.56 Å². The molecule has 4 atom stereocenters. The van der Waals surface area contributed by atoms with Gasteiger partial charge in [0, 0.05) is 11.8 Å². The van der Waals surface area contributed by atoms with Gasteiger partial charge in [-0.25, -0.2) is 9.18 Å². The van der Waals surface area contributed by atoms with Crippen LogP contribution in [0.1, 0.15) is 18.8 Å². The van der Waals surface area contributed by atoms with Crippen molar-refractivity contribution in [3.8, 4) is 11.8 Å². The molecule has 0 saturated carbocycles. The number of aliphatic hydroxyl groups excluding tert-OH is 2. The summed E-state index contributed by atoms with van der Waals surface area (Å²) in [5.41, 5.74) is -3.93. The third-order valence-corrected chi connectivity index (χ3v) is 3.35. The second-order valence-electron chi connectivity index (χ2n) is 4.75. The number of aromatic amines is 1. The molecule has 1 aromatic rings. The van der Waals surface area contributed by atoms with Crippen molar-refractivity contribution in [1.82, 2.24) is 9.55 Å². The minimum atomic E-state index is -2.57. The molecule has 0 bridgehead atoms. The molecular weight excluding hydrogens is 283 g/mol. The summed E-state index contributed by atoms with van der Waals surface area (Å²) < 4.78 is 21.2. The monoisotopic (exact) mass is 298 g/mol. The van der Waals surface area contributed by atoms with Crippen molar-refractivity contribution in [2.75, 3.05) is 6.61 Å². The Hall–Kier alpha value is -1.95. The zero-order chi connectivity index (χ0) is 15.8. The fraction of sp³-hybridized carbons (Fsp3) is 0.538. The maximum absolute atomic E-state index is 15.0. The molecule has 3 N–H and O–H groups in total. The highest BCUT2D eigenvalue weighted by atomic mass is 19.1. The van der Waals surface area contributed by atoms with Crippen LogP contribution in [0.2, 0.25) is 0 Å². The van der Waals surface area contributed by atoms with E-state index in [1.807, 2.05) is 4.98 Å². The van der Waals surface area contributed by atoms with Gasteiger partial charge >= 0.3 is 5.69 Å². The summed E-state index contributed by atoms with van der Waals surface area (Å²) in [6.07, 6.45) is -4.52. The summed E-state index contributed by atoms with van der Waals surface area (Å²) >= 11 is 0. The number of aliphatic hydroxyl groups is 2. The van der Waals surface area contributed by atoms with Crippen molar-refractivity contribution >= 4 is 0 Å². The van der Waals surface area contributed by atoms with E-state index in [9.17, 15) is 14.7 Å². The van der Waals surface area contributed by atoms with E-state index < -0.39 is 42.0 Å². The molecule has 1 aromatic heterocycles. The third-order valence-electron chi connectivity index (χ3n) is 3.35. The molecule has 1 unspecified atom stereocenters. The van der Waals surface area contributed by atoms with E-state index in [4.69, 9.17) is 9.84 Å². The minimum absolute atomic E-state index is 0.152. The second kappa shape index (κ2) is 5.44. The Morgan fingerprint density at radius 2 is 2.24 bits per heavy atom. The highest BCUT2D eigenvalue weighted by Crippen LogP contribution is 2.40.